The van der Waals surface area contributed by atoms with Crippen molar-refractivity contribution in [2.24, 2.45) is 17.4 Å². The molecule has 0 fully saturated rings. The molecule has 0 aliphatic heterocycles. The van der Waals surface area contributed by atoms with E-state index in [9.17, 15) is 24.3 Å². The monoisotopic (exact) mass is 539 g/mol. The molecule has 0 saturated heterocycles. The van der Waals surface area contributed by atoms with Crippen LogP contribution in [0.25, 0.3) is 0 Å². The highest BCUT2D eigenvalue weighted by atomic mass is 16.4. The highest BCUT2D eigenvalue weighted by molar-refractivity contribution is 5.94. The van der Waals surface area contributed by atoms with E-state index < -0.39 is 47.9 Å². The number of carboxylic acid groups (broad SMARTS) is 1. The maximum atomic E-state index is 13.5. The molecule has 10 heteroatoms. The maximum absolute atomic E-state index is 13.5. The van der Waals surface area contributed by atoms with Crippen molar-refractivity contribution in [3.05, 3.63) is 71.8 Å². The Morgan fingerprint density at radius 3 is 1.77 bits per heavy atom. The normalized spacial score (nSPS) is 14.1. The van der Waals surface area contributed by atoms with Crippen LogP contribution in [0.2, 0.25) is 0 Å². The van der Waals surface area contributed by atoms with Crippen LogP contribution in [0.1, 0.15) is 44.2 Å². The number of nitrogens with two attached hydrogens (primary N) is 2. The van der Waals surface area contributed by atoms with E-state index in [-0.39, 0.29) is 18.8 Å². The summed E-state index contributed by atoms with van der Waals surface area (Å²) in [5.41, 5.74) is 13.5. The minimum Gasteiger partial charge on any atom is -0.480 e. The molecule has 0 bridgehead atoms. The van der Waals surface area contributed by atoms with Crippen LogP contribution in [0, 0.1) is 5.92 Å². The molecule has 0 aliphatic carbocycles. The summed E-state index contributed by atoms with van der Waals surface area (Å²) in [5.74, 6) is -3.18. The van der Waals surface area contributed by atoms with E-state index >= 15 is 0 Å². The molecule has 39 heavy (non-hydrogen) atoms. The number of hydrogen-bond donors (Lipinski definition) is 6. The van der Waals surface area contributed by atoms with Crippen LogP contribution < -0.4 is 27.4 Å². The van der Waals surface area contributed by atoms with Crippen molar-refractivity contribution in [2.75, 3.05) is 6.54 Å². The van der Waals surface area contributed by atoms with Crippen molar-refractivity contribution < 1.29 is 24.3 Å². The lowest BCUT2D eigenvalue weighted by atomic mass is 10.0. The lowest BCUT2D eigenvalue weighted by Gasteiger charge is -2.26. The summed E-state index contributed by atoms with van der Waals surface area (Å²) >= 11 is 0. The lowest BCUT2D eigenvalue weighted by Crippen LogP contribution is -2.58. The summed E-state index contributed by atoms with van der Waals surface area (Å²) in [4.78, 5) is 51.2. The van der Waals surface area contributed by atoms with Crippen molar-refractivity contribution in [1.29, 1.82) is 0 Å². The number of carbonyl (C=O) groups is 4. The molecule has 10 nitrogen and oxygen atoms in total. The minimum absolute atomic E-state index is 0.178. The Labute approximate surface area is 229 Å². The predicted octanol–water partition coefficient (Wildman–Crippen LogP) is 1.12. The van der Waals surface area contributed by atoms with Gasteiger partial charge >= 0.3 is 5.97 Å². The molecule has 4 atom stereocenters. The largest absolute Gasteiger partial charge is 0.480 e. The number of carbonyl (C=O) groups excluding carboxylic acids is 3. The lowest BCUT2D eigenvalue weighted by molar-refractivity contribution is -0.143. The second-order valence-electron chi connectivity index (χ2n) is 9.96. The zero-order chi connectivity index (χ0) is 28.8. The number of aliphatic carboxylic acids is 1. The standard InChI is InChI=1S/C29H41N5O5/c1-19(2)25(29(38)39)34-27(36)23(15-9-10-16-30)32-28(37)24(18-21-13-7-4-8-14-21)33-26(35)22(31)17-20-11-5-3-6-12-20/h3-8,11-14,19,22-25H,9-10,15-18,30-31H2,1-2H3,(H,32,37)(H,33,35)(H,34,36)(H,38,39). The quantitative estimate of drug-likeness (QED) is 0.173. The van der Waals surface area contributed by atoms with E-state index in [1.807, 2.05) is 60.7 Å². The van der Waals surface area contributed by atoms with Crippen molar-refractivity contribution in [1.82, 2.24) is 16.0 Å². The van der Waals surface area contributed by atoms with Gasteiger partial charge in [-0.1, -0.05) is 74.5 Å². The number of nitrogens with one attached hydrogen (secondary N) is 3. The second-order valence-corrected chi connectivity index (χ2v) is 9.96. The first-order valence-corrected chi connectivity index (χ1v) is 13.3. The van der Waals surface area contributed by atoms with Gasteiger partial charge in [0.25, 0.3) is 0 Å². The minimum atomic E-state index is -1.16. The molecule has 8 N–H and O–H groups in total. The molecule has 0 aliphatic rings. The molecule has 0 saturated carbocycles. The number of benzene rings is 2. The van der Waals surface area contributed by atoms with Gasteiger partial charge in [0.2, 0.25) is 17.7 Å². The summed E-state index contributed by atoms with van der Waals surface area (Å²) in [6.07, 6.45) is 1.91. The Balaban J connectivity index is 2.21. The van der Waals surface area contributed by atoms with Crippen molar-refractivity contribution >= 4 is 23.7 Å². The van der Waals surface area contributed by atoms with E-state index in [0.717, 1.165) is 11.1 Å². The van der Waals surface area contributed by atoms with Crippen LogP contribution in [0.3, 0.4) is 0 Å². The molecule has 2 rings (SSSR count). The summed E-state index contributed by atoms with van der Waals surface area (Å²) in [6, 6.07) is 14.5. The van der Waals surface area contributed by atoms with Gasteiger partial charge in [-0.3, -0.25) is 14.4 Å². The first kappa shape index (κ1) is 31.5. The molecule has 2 aromatic carbocycles. The maximum Gasteiger partial charge on any atom is 0.326 e. The molecule has 0 heterocycles. The predicted molar refractivity (Wildman–Crippen MR) is 149 cm³/mol. The van der Waals surface area contributed by atoms with Gasteiger partial charge in [-0.15, -0.1) is 0 Å². The van der Waals surface area contributed by atoms with Crippen LogP contribution in [-0.2, 0) is 32.0 Å². The zero-order valence-corrected chi connectivity index (χ0v) is 22.6. The van der Waals surface area contributed by atoms with Crippen LogP contribution >= 0.6 is 0 Å². The molecular formula is C29H41N5O5. The topological polar surface area (TPSA) is 177 Å². The molecule has 0 spiro atoms. The van der Waals surface area contributed by atoms with Gasteiger partial charge in [0.05, 0.1) is 6.04 Å². The van der Waals surface area contributed by atoms with Crippen molar-refractivity contribution in [3.8, 4) is 0 Å². The highest BCUT2D eigenvalue weighted by Crippen LogP contribution is 2.09. The fraction of sp³-hybridized carbons (Fsp3) is 0.448. The molecular weight excluding hydrogens is 498 g/mol. The first-order valence-electron chi connectivity index (χ1n) is 13.3. The van der Waals surface area contributed by atoms with E-state index in [1.54, 1.807) is 13.8 Å². The van der Waals surface area contributed by atoms with Crippen LogP contribution in [-0.4, -0.2) is 59.5 Å². The number of amides is 3. The Kier molecular flexibility index (Phi) is 13.1. The zero-order valence-electron chi connectivity index (χ0n) is 22.6. The third-order valence-electron chi connectivity index (χ3n) is 6.36. The average Bonchev–Trinajstić information content (AvgIpc) is 2.91. The van der Waals surface area contributed by atoms with Gasteiger partial charge in [0, 0.05) is 6.42 Å². The summed E-state index contributed by atoms with van der Waals surface area (Å²) in [5, 5.41) is 17.5. The average molecular weight is 540 g/mol. The van der Waals surface area contributed by atoms with Crippen molar-refractivity contribution in [3.63, 3.8) is 0 Å². The van der Waals surface area contributed by atoms with Gasteiger partial charge in [0.1, 0.15) is 18.1 Å². The molecule has 4 unspecified atom stereocenters. The molecule has 0 radical (unpaired) electrons. The summed E-state index contributed by atoms with van der Waals surface area (Å²) in [6.45, 7) is 3.79. The van der Waals surface area contributed by atoms with Crippen LogP contribution in [0.5, 0.6) is 0 Å². The van der Waals surface area contributed by atoms with Crippen LogP contribution in [0.4, 0.5) is 0 Å². The third-order valence-corrected chi connectivity index (χ3v) is 6.36. The molecule has 3 amide bonds. The Bertz CT molecular complexity index is 1060. The number of rotatable bonds is 16. The van der Waals surface area contributed by atoms with Gasteiger partial charge in [-0.25, -0.2) is 4.79 Å². The van der Waals surface area contributed by atoms with E-state index in [0.29, 0.717) is 25.8 Å². The van der Waals surface area contributed by atoms with Gasteiger partial charge in [0.15, 0.2) is 0 Å². The first-order chi connectivity index (χ1) is 18.6. The number of carboxylic acids is 1. The summed E-state index contributed by atoms with van der Waals surface area (Å²) in [7, 11) is 0. The van der Waals surface area contributed by atoms with Crippen molar-refractivity contribution in [2.45, 2.75) is 70.1 Å². The fourth-order valence-corrected chi connectivity index (χ4v) is 4.10. The number of hydrogen-bond acceptors (Lipinski definition) is 6. The van der Waals surface area contributed by atoms with Gasteiger partial charge in [-0.2, -0.15) is 0 Å². The summed E-state index contributed by atoms with van der Waals surface area (Å²) < 4.78 is 0. The third kappa shape index (κ3) is 10.9. The Hall–Kier alpha value is -3.76. The Morgan fingerprint density at radius 2 is 1.26 bits per heavy atom. The van der Waals surface area contributed by atoms with Crippen LogP contribution in [0.15, 0.2) is 60.7 Å². The van der Waals surface area contributed by atoms with E-state index in [4.69, 9.17) is 11.5 Å². The van der Waals surface area contributed by atoms with E-state index in [1.165, 1.54) is 0 Å². The SMILES string of the molecule is CC(C)C(NC(=O)C(CCCCN)NC(=O)C(Cc1ccccc1)NC(=O)C(N)Cc1ccccc1)C(=O)O. The number of unbranched alkanes of at least 4 members (excludes halogenated alkanes) is 1. The smallest absolute Gasteiger partial charge is 0.326 e. The molecule has 2 aromatic rings. The second kappa shape index (κ2) is 16.3. The highest BCUT2D eigenvalue weighted by Gasteiger charge is 2.31. The molecule has 0 aromatic heterocycles. The van der Waals surface area contributed by atoms with Gasteiger partial charge in [-0.05, 0) is 49.3 Å². The molecule has 212 valence electrons. The fourth-order valence-electron chi connectivity index (χ4n) is 4.10. The van der Waals surface area contributed by atoms with E-state index in [2.05, 4.69) is 16.0 Å². The Morgan fingerprint density at radius 1 is 0.744 bits per heavy atom. The van der Waals surface area contributed by atoms with Gasteiger partial charge < -0.3 is 32.5 Å².